The van der Waals surface area contributed by atoms with E-state index in [9.17, 15) is 20.4 Å². The molecular weight excluding hydrogens is 631 g/mol. The van der Waals surface area contributed by atoms with E-state index in [0.717, 1.165) is 0 Å². The summed E-state index contributed by atoms with van der Waals surface area (Å²) in [6.45, 7) is 1.91. The Morgan fingerprint density at radius 2 is 0.548 bits per heavy atom. The predicted molar refractivity (Wildman–Crippen MR) is 153 cm³/mol. The van der Waals surface area contributed by atoms with Gasteiger partial charge in [0.25, 0.3) is 0 Å². The molecule has 0 amide bonds. The van der Waals surface area contributed by atoms with Crippen LogP contribution in [0.3, 0.4) is 0 Å². The molecule has 0 aliphatic carbocycles. The van der Waals surface area contributed by atoms with Gasteiger partial charge in [-0.2, -0.15) is 0 Å². The Hall–Kier alpha value is -4.20. The molecule has 0 N–H and O–H groups in total. The molecule has 8 nitrogen and oxygen atoms in total. The van der Waals surface area contributed by atoms with Crippen LogP contribution in [0.25, 0.3) is 0 Å². The third-order valence-corrected chi connectivity index (χ3v) is 5.31. The fourth-order valence-electron chi connectivity index (χ4n) is 3.23. The Labute approximate surface area is 266 Å². The largest absolute Gasteiger partial charge is 2.00 e. The summed E-state index contributed by atoms with van der Waals surface area (Å²) >= 11 is 0. The minimum Gasteiger partial charge on any atom is -0.872 e. The number of rotatable bonds is 10. The molecule has 0 bridgehead atoms. The number of nitrogens with zero attached hydrogens (tertiary/aromatic N) is 4. The number of para-hydroxylation sites is 4. The number of hydrogen-bond acceptors (Lipinski definition) is 8. The molecule has 222 valence electrons. The summed E-state index contributed by atoms with van der Waals surface area (Å²) in [6, 6.07) is 26.9. The van der Waals surface area contributed by atoms with Crippen molar-refractivity contribution in [2.45, 2.75) is 0 Å². The molecule has 10 heteroatoms. The fourth-order valence-corrected chi connectivity index (χ4v) is 3.23. The number of benzene rings is 4. The summed E-state index contributed by atoms with van der Waals surface area (Å²) in [5.41, 5.74) is 2.28. The zero-order valence-electron chi connectivity index (χ0n) is 22.4. The van der Waals surface area contributed by atoms with Crippen molar-refractivity contribution in [1.29, 1.82) is 0 Å². The van der Waals surface area contributed by atoms with Gasteiger partial charge in [-0.15, -0.1) is 23.0 Å². The Morgan fingerprint density at radius 1 is 0.357 bits per heavy atom. The molecule has 0 aromatic heterocycles. The molecule has 2 radical (unpaired) electrons. The molecule has 42 heavy (non-hydrogen) atoms. The van der Waals surface area contributed by atoms with Crippen LogP contribution in [-0.4, -0.2) is 51.0 Å². The van der Waals surface area contributed by atoms with Gasteiger partial charge in [0.15, 0.2) is 0 Å². The zero-order valence-corrected chi connectivity index (χ0v) is 24.3. The molecule has 0 saturated heterocycles. The van der Waals surface area contributed by atoms with Gasteiger partial charge < -0.3 is 20.4 Å². The predicted octanol–water partition coefficient (Wildman–Crippen LogP) is 2.74. The minimum absolute atomic E-state index is 0. The third-order valence-electron chi connectivity index (χ3n) is 5.31. The van der Waals surface area contributed by atoms with Gasteiger partial charge in [0.05, 0.1) is 26.2 Å². The first-order valence-corrected chi connectivity index (χ1v) is 12.6. The van der Waals surface area contributed by atoms with Crippen LogP contribution in [0.1, 0.15) is 22.3 Å². The molecule has 0 fully saturated rings. The van der Waals surface area contributed by atoms with Crippen molar-refractivity contribution in [2.75, 3.05) is 26.2 Å². The fraction of sp³-hybridized carbons (Fsp3) is 0.125. The summed E-state index contributed by atoms with van der Waals surface area (Å²) < 4.78 is 0. The number of hydrogen-bond donors (Lipinski definition) is 0. The molecule has 0 unspecified atom stereocenters. The van der Waals surface area contributed by atoms with Gasteiger partial charge in [0.1, 0.15) is 0 Å². The summed E-state index contributed by atoms with van der Waals surface area (Å²) in [7, 11) is 0. The van der Waals surface area contributed by atoms with E-state index < -0.39 is 0 Å². The molecule has 4 aromatic carbocycles. The van der Waals surface area contributed by atoms with Crippen molar-refractivity contribution in [3.8, 4) is 23.0 Å². The second kappa shape index (κ2) is 20.6. The van der Waals surface area contributed by atoms with E-state index in [1.54, 1.807) is 97.7 Å². The Bertz CT molecular complexity index is 1250. The van der Waals surface area contributed by atoms with Crippen LogP contribution in [0.15, 0.2) is 117 Å². The average molecular weight is 660 g/mol. The minimum atomic E-state index is -0.0416. The Balaban J connectivity index is 0.000000401. The first-order valence-electron chi connectivity index (χ1n) is 12.6. The molecule has 0 atom stereocenters. The zero-order chi connectivity index (χ0) is 28.4. The topological polar surface area (TPSA) is 142 Å². The van der Waals surface area contributed by atoms with Gasteiger partial charge in [0, 0.05) is 24.9 Å². The van der Waals surface area contributed by atoms with E-state index in [0.29, 0.717) is 48.4 Å². The molecule has 0 saturated carbocycles. The standard InChI is InChI=1S/2C16H16N2O2.2Cu/c2*19-15-7-3-1-5-13(15)11-17-9-10-18-12-14-6-2-4-8-16(14)20;;/h2*1-8,11-12,19-20H,9-10H2;;/q;;2*+2/p-4. The summed E-state index contributed by atoms with van der Waals surface area (Å²) in [5, 5.41) is 45.6. The van der Waals surface area contributed by atoms with E-state index >= 15 is 0 Å². The van der Waals surface area contributed by atoms with Crippen molar-refractivity contribution >= 4 is 24.9 Å². The normalized spacial score (nSPS) is 10.9. The summed E-state index contributed by atoms with van der Waals surface area (Å²) in [5.74, 6) is -0.167. The van der Waals surface area contributed by atoms with Crippen molar-refractivity contribution in [3.05, 3.63) is 119 Å². The van der Waals surface area contributed by atoms with Crippen molar-refractivity contribution in [3.63, 3.8) is 0 Å². The van der Waals surface area contributed by atoms with E-state index in [1.807, 2.05) is 0 Å². The Kier molecular flexibility index (Phi) is 17.6. The van der Waals surface area contributed by atoms with Gasteiger partial charge >= 0.3 is 34.1 Å². The third kappa shape index (κ3) is 13.0. The molecule has 0 heterocycles. The van der Waals surface area contributed by atoms with E-state index in [-0.39, 0.29) is 57.1 Å². The maximum Gasteiger partial charge on any atom is 2.00 e. The van der Waals surface area contributed by atoms with Crippen molar-refractivity contribution in [1.82, 2.24) is 0 Å². The molecular formula is C32H28Cu2N4O4. The van der Waals surface area contributed by atoms with Crippen LogP contribution in [-0.2, 0) is 34.1 Å². The van der Waals surface area contributed by atoms with Crippen LogP contribution in [0, 0.1) is 0 Å². The molecule has 0 aliphatic rings. The summed E-state index contributed by atoms with van der Waals surface area (Å²) in [4.78, 5) is 16.6. The molecule has 0 aliphatic heterocycles. The van der Waals surface area contributed by atoms with Crippen LogP contribution >= 0.6 is 0 Å². The van der Waals surface area contributed by atoms with Crippen molar-refractivity contribution in [2.24, 2.45) is 20.0 Å². The second-order valence-corrected chi connectivity index (χ2v) is 8.29. The van der Waals surface area contributed by atoms with Gasteiger partial charge in [-0.05, 0) is 22.3 Å². The SMILES string of the molecule is [Cu+2].[Cu+2].[O-]c1ccccc1C=NCCN=Cc1ccccc1[O-].[O-]c1ccccc1C=NCCN=Cc1ccccc1[O-]. The first-order chi connectivity index (χ1) is 19.5. The van der Waals surface area contributed by atoms with Crippen molar-refractivity contribution < 1.29 is 54.6 Å². The molecule has 0 spiro atoms. The van der Waals surface area contributed by atoms with E-state index in [2.05, 4.69) is 20.0 Å². The maximum atomic E-state index is 11.4. The van der Waals surface area contributed by atoms with E-state index in [4.69, 9.17) is 0 Å². The second-order valence-electron chi connectivity index (χ2n) is 8.29. The van der Waals surface area contributed by atoms with Crippen LogP contribution in [0.2, 0.25) is 0 Å². The van der Waals surface area contributed by atoms with Crippen LogP contribution in [0.4, 0.5) is 0 Å². The average Bonchev–Trinajstić information content (AvgIpc) is 2.96. The quantitative estimate of drug-likeness (QED) is 0.147. The van der Waals surface area contributed by atoms with Gasteiger partial charge in [0.2, 0.25) is 0 Å². The van der Waals surface area contributed by atoms with E-state index in [1.165, 1.54) is 24.3 Å². The number of aliphatic imine (C=N–C) groups is 4. The van der Waals surface area contributed by atoms with Gasteiger partial charge in [-0.25, -0.2) is 0 Å². The monoisotopic (exact) mass is 658 g/mol. The van der Waals surface area contributed by atoms with Gasteiger partial charge in [-0.1, -0.05) is 97.1 Å². The van der Waals surface area contributed by atoms with Crippen LogP contribution in [0.5, 0.6) is 23.0 Å². The smallest absolute Gasteiger partial charge is 0.872 e. The molecule has 4 rings (SSSR count). The summed E-state index contributed by atoms with van der Waals surface area (Å²) in [6.07, 6.45) is 6.22. The van der Waals surface area contributed by atoms with Crippen LogP contribution < -0.4 is 20.4 Å². The molecule has 4 aromatic rings. The van der Waals surface area contributed by atoms with Gasteiger partial charge in [-0.3, -0.25) is 20.0 Å². The maximum absolute atomic E-state index is 11.4. The Morgan fingerprint density at radius 3 is 0.738 bits per heavy atom. The first kappa shape index (κ1) is 35.8.